The van der Waals surface area contributed by atoms with E-state index < -0.39 is 0 Å². The van der Waals surface area contributed by atoms with Crippen molar-refractivity contribution in [2.24, 2.45) is 0 Å². The Morgan fingerprint density at radius 3 is 2.42 bits per heavy atom. The topological polar surface area (TPSA) is 58.6 Å². The molecule has 0 aromatic heterocycles. The Balaban J connectivity index is 1.67. The first kappa shape index (κ1) is 18.0. The van der Waals surface area contributed by atoms with Crippen LogP contribution in [0.15, 0.2) is 48.5 Å². The van der Waals surface area contributed by atoms with Gasteiger partial charge in [0.1, 0.15) is 5.75 Å². The number of carbonyl (C=O) groups is 2. The number of benzene rings is 2. The van der Waals surface area contributed by atoms with Gasteiger partial charge in [-0.15, -0.1) is 0 Å². The third kappa shape index (κ3) is 4.42. The molecule has 0 saturated carbocycles. The van der Waals surface area contributed by atoms with Crippen molar-refractivity contribution in [3.8, 4) is 5.75 Å². The monoisotopic (exact) mass is 352 g/mol. The minimum absolute atomic E-state index is 0.0295. The maximum Gasteiger partial charge on any atom is 0.255 e. The third-order valence-electron chi connectivity index (χ3n) is 4.44. The number of piperidine rings is 1. The third-order valence-corrected chi connectivity index (χ3v) is 4.44. The Morgan fingerprint density at radius 1 is 1.00 bits per heavy atom. The molecule has 0 atom stereocenters. The number of amides is 2. The van der Waals surface area contributed by atoms with Gasteiger partial charge in [0.05, 0.1) is 6.61 Å². The number of nitrogens with zero attached hydrogens (tertiary/aromatic N) is 1. The molecule has 1 aliphatic heterocycles. The van der Waals surface area contributed by atoms with Crippen LogP contribution in [0.1, 0.15) is 46.9 Å². The van der Waals surface area contributed by atoms with Crippen molar-refractivity contribution >= 4 is 17.5 Å². The van der Waals surface area contributed by atoms with Crippen LogP contribution in [0.4, 0.5) is 5.69 Å². The van der Waals surface area contributed by atoms with Gasteiger partial charge in [0.25, 0.3) is 11.8 Å². The Labute approximate surface area is 154 Å². The molecule has 1 heterocycles. The van der Waals surface area contributed by atoms with E-state index in [0.29, 0.717) is 23.4 Å². The van der Waals surface area contributed by atoms with Gasteiger partial charge in [-0.3, -0.25) is 9.59 Å². The van der Waals surface area contributed by atoms with Crippen LogP contribution in [0.2, 0.25) is 0 Å². The van der Waals surface area contributed by atoms with Crippen LogP contribution < -0.4 is 10.1 Å². The second-order valence-corrected chi connectivity index (χ2v) is 6.35. The van der Waals surface area contributed by atoms with Crippen molar-refractivity contribution in [1.82, 2.24) is 4.90 Å². The maximum atomic E-state index is 12.6. The number of likely N-dealkylation sites (tertiary alicyclic amines) is 1. The number of rotatable bonds is 5. The van der Waals surface area contributed by atoms with Crippen molar-refractivity contribution in [3.05, 3.63) is 59.7 Å². The molecule has 1 fully saturated rings. The van der Waals surface area contributed by atoms with Crippen molar-refractivity contribution < 1.29 is 14.3 Å². The van der Waals surface area contributed by atoms with E-state index in [1.807, 2.05) is 11.8 Å². The summed E-state index contributed by atoms with van der Waals surface area (Å²) in [6.07, 6.45) is 3.29. The zero-order chi connectivity index (χ0) is 18.4. The lowest BCUT2D eigenvalue weighted by Crippen LogP contribution is -2.35. The predicted octanol–water partition coefficient (Wildman–Crippen LogP) is 3.96. The van der Waals surface area contributed by atoms with E-state index >= 15 is 0 Å². The van der Waals surface area contributed by atoms with E-state index in [1.165, 1.54) is 6.42 Å². The number of ether oxygens (including phenoxy) is 1. The van der Waals surface area contributed by atoms with Gasteiger partial charge in [0.15, 0.2) is 0 Å². The zero-order valence-electron chi connectivity index (χ0n) is 15.0. The van der Waals surface area contributed by atoms with E-state index in [-0.39, 0.29) is 11.8 Å². The fraction of sp³-hybridized carbons (Fsp3) is 0.333. The van der Waals surface area contributed by atoms with E-state index in [9.17, 15) is 9.59 Å². The molecule has 26 heavy (non-hydrogen) atoms. The highest BCUT2D eigenvalue weighted by Gasteiger charge is 2.18. The molecule has 0 radical (unpaired) electrons. The lowest BCUT2D eigenvalue weighted by molar-refractivity contribution is 0.0724. The maximum absolute atomic E-state index is 12.6. The molecule has 1 N–H and O–H groups in total. The highest BCUT2D eigenvalue weighted by molar-refractivity contribution is 6.05. The van der Waals surface area contributed by atoms with Crippen molar-refractivity contribution in [3.63, 3.8) is 0 Å². The van der Waals surface area contributed by atoms with Gasteiger partial charge < -0.3 is 15.0 Å². The molecule has 1 saturated heterocycles. The summed E-state index contributed by atoms with van der Waals surface area (Å²) in [6, 6.07) is 14.1. The van der Waals surface area contributed by atoms with Crippen LogP contribution in [0.3, 0.4) is 0 Å². The first-order chi connectivity index (χ1) is 12.7. The minimum Gasteiger partial charge on any atom is -0.494 e. The molecule has 0 bridgehead atoms. The summed E-state index contributed by atoms with van der Waals surface area (Å²) in [5, 5.41) is 2.86. The van der Waals surface area contributed by atoms with Crippen LogP contribution in [0, 0.1) is 0 Å². The van der Waals surface area contributed by atoms with Crippen LogP contribution in [0.5, 0.6) is 5.75 Å². The minimum atomic E-state index is -0.212. The zero-order valence-corrected chi connectivity index (χ0v) is 15.0. The van der Waals surface area contributed by atoms with Crippen molar-refractivity contribution in [2.45, 2.75) is 26.2 Å². The predicted molar refractivity (Wildman–Crippen MR) is 102 cm³/mol. The second-order valence-electron chi connectivity index (χ2n) is 6.35. The Bertz CT molecular complexity index is 765. The summed E-state index contributed by atoms with van der Waals surface area (Å²) >= 11 is 0. The number of hydrogen-bond donors (Lipinski definition) is 1. The van der Waals surface area contributed by atoms with Crippen LogP contribution in [-0.2, 0) is 0 Å². The SMILES string of the molecule is CCOc1ccc(C(=O)Nc2cccc(C(=O)N3CCCCC3)c2)cc1. The summed E-state index contributed by atoms with van der Waals surface area (Å²) in [5.41, 5.74) is 1.77. The molecule has 2 aromatic carbocycles. The van der Waals surface area contributed by atoms with Crippen molar-refractivity contribution in [1.29, 1.82) is 0 Å². The molecule has 5 nitrogen and oxygen atoms in total. The first-order valence-electron chi connectivity index (χ1n) is 9.11. The number of carbonyl (C=O) groups excluding carboxylic acids is 2. The van der Waals surface area contributed by atoms with E-state index in [2.05, 4.69) is 5.32 Å². The Hall–Kier alpha value is -2.82. The molecule has 0 spiro atoms. The number of nitrogens with one attached hydrogen (secondary N) is 1. The normalized spacial score (nSPS) is 14.0. The van der Waals surface area contributed by atoms with Gasteiger partial charge in [-0.2, -0.15) is 0 Å². The van der Waals surface area contributed by atoms with E-state index in [4.69, 9.17) is 4.74 Å². The number of hydrogen-bond acceptors (Lipinski definition) is 3. The highest BCUT2D eigenvalue weighted by atomic mass is 16.5. The lowest BCUT2D eigenvalue weighted by atomic mass is 10.1. The van der Waals surface area contributed by atoms with E-state index in [0.717, 1.165) is 31.7 Å². The molecular formula is C21H24N2O3. The molecule has 0 aliphatic carbocycles. The summed E-state index contributed by atoms with van der Waals surface area (Å²) in [5.74, 6) is 0.552. The summed E-state index contributed by atoms with van der Waals surface area (Å²) < 4.78 is 5.38. The molecule has 1 aliphatic rings. The van der Waals surface area contributed by atoms with Gasteiger partial charge in [-0.25, -0.2) is 0 Å². The Morgan fingerprint density at radius 2 is 1.73 bits per heavy atom. The van der Waals surface area contributed by atoms with Crippen LogP contribution in [-0.4, -0.2) is 36.4 Å². The fourth-order valence-corrected chi connectivity index (χ4v) is 3.08. The molecule has 5 heteroatoms. The highest BCUT2D eigenvalue weighted by Crippen LogP contribution is 2.18. The second kappa shape index (κ2) is 8.52. The van der Waals surface area contributed by atoms with Crippen LogP contribution in [0.25, 0.3) is 0 Å². The smallest absolute Gasteiger partial charge is 0.255 e. The van der Waals surface area contributed by atoms with Crippen LogP contribution >= 0.6 is 0 Å². The molecule has 2 amide bonds. The molecular weight excluding hydrogens is 328 g/mol. The van der Waals surface area contributed by atoms with Gasteiger partial charge >= 0.3 is 0 Å². The molecule has 136 valence electrons. The molecule has 2 aromatic rings. The van der Waals surface area contributed by atoms with Gasteiger partial charge in [0, 0.05) is 29.9 Å². The molecule has 0 unspecified atom stereocenters. The average Bonchev–Trinajstić information content (AvgIpc) is 2.69. The Kier molecular flexibility index (Phi) is 5.89. The largest absolute Gasteiger partial charge is 0.494 e. The fourth-order valence-electron chi connectivity index (χ4n) is 3.08. The standard InChI is InChI=1S/C21H24N2O3/c1-2-26-19-11-9-16(10-12-19)20(24)22-18-8-6-7-17(15-18)21(25)23-13-4-3-5-14-23/h6-12,15H,2-5,13-14H2,1H3,(H,22,24). The lowest BCUT2D eigenvalue weighted by Gasteiger charge is -2.26. The summed E-state index contributed by atoms with van der Waals surface area (Å²) in [7, 11) is 0. The molecule has 3 rings (SSSR count). The van der Waals surface area contributed by atoms with E-state index in [1.54, 1.807) is 48.5 Å². The quantitative estimate of drug-likeness (QED) is 0.886. The summed E-state index contributed by atoms with van der Waals surface area (Å²) in [4.78, 5) is 26.9. The van der Waals surface area contributed by atoms with Gasteiger partial charge in [0.2, 0.25) is 0 Å². The van der Waals surface area contributed by atoms with Gasteiger partial charge in [-0.1, -0.05) is 6.07 Å². The number of anilines is 1. The van der Waals surface area contributed by atoms with Gasteiger partial charge in [-0.05, 0) is 68.7 Å². The van der Waals surface area contributed by atoms with Crippen molar-refractivity contribution in [2.75, 3.05) is 25.0 Å². The summed E-state index contributed by atoms with van der Waals surface area (Å²) in [6.45, 7) is 4.12. The first-order valence-corrected chi connectivity index (χ1v) is 9.11. The average molecular weight is 352 g/mol.